The number of benzene rings is 2. The van der Waals surface area contributed by atoms with Crippen molar-refractivity contribution in [3.63, 3.8) is 0 Å². The Hall–Kier alpha value is -2.67. The van der Waals surface area contributed by atoms with Gasteiger partial charge in [0.25, 0.3) is 0 Å². The minimum Gasteiger partial charge on any atom is -0.486 e. The van der Waals surface area contributed by atoms with Crippen molar-refractivity contribution in [2.24, 2.45) is 0 Å². The minimum atomic E-state index is -0.730. The number of halogens is 1. The summed E-state index contributed by atoms with van der Waals surface area (Å²) in [6.45, 7) is 0.253. The first kappa shape index (κ1) is 15.2. The summed E-state index contributed by atoms with van der Waals surface area (Å²) in [5, 5.41) is 3.09. The fraction of sp³-hybridized carbons (Fsp3) is 0.125. The van der Waals surface area contributed by atoms with E-state index >= 15 is 0 Å². The standard InChI is InChI=1S/C16H13FN2O3S/c1-21-16(20)19-12-7-6-10(8-11(12)17)22-9-15-18-13-4-2-3-5-14(13)23-15/h2-8H,9H2,1H3,(H,19,20). The monoisotopic (exact) mass is 332 g/mol. The Kier molecular flexibility index (Phi) is 4.38. The number of carbonyl (C=O) groups is 1. The number of para-hydroxylation sites is 1. The summed E-state index contributed by atoms with van der Waals surface area (Å²) < 4.78 is 24.9. The number of carbonyl (C=O) groups excluding carboxylic acids is 1. The normalized spacial score (nSPS) is 10.5. The van der Waals surface area contributed by atoms with Crippen molar-refractivity contribution in [1.82, 2.24) is 4.98 Å². The largest absolute Gasteiger partial charge is 0.486 e. The van der Waals surface area contributed by atoms with Gasteiger partial charge in [-0.3, -0.25) is 5.32 Å². The second-order valence-electron chi connectivity index (χ2n) is 4.62. The molecular formula is C16H13FN2O3S. The third-order valence-electron chi connectivity index (χ3n) is 3.06. The van der Waals surface area contributed by atoms with E-state index in [0.717, 1.165) is 15.2 Å². The molecule has 0 aliphatic rings. The number of rotatable bonds is 4. The maximum absolute atomic E-state index is 13.9. The van der Waals surface area contributed by atoms with Gasteiger partial charge in [0.05, 0.1) is 23.0 Å². The van der Waals surface area contributed by atoms with Crippen molar-refractivity contribution in [2.75, 3.05) is 12.4 Å². The van der Waals surface area contributed by atoms with Gasteiger partial charge in [-0.2, -0.15) is 0 Å². The van der Waals surface area contributed by atoms with Crippen LogP contribution in [0.2, 0.25) is 0 Å². The third-order valence-corrected chi connectivity index (χ3v) is 4.07. The topological polar surface area (TPSA) is 60.5 Å². The zero-order valence-electron chi connectivity index (χ0n) is 12.2. The lowest BCUT2D eigenvalue weighted by molar-refractivity contribution is 0.186. The Balaban J connectivity index is 1.68. The number of fused-ring (bicyclic) bond motifs is 1. The SMILES string of the molecule is COC(=O)Nc1ccc(OCc2nc3ccccc3s2)cc1F. The van der Waals surface area contributed by atoms with Gasteiger partial charge in [-0.15, -0.1) is 11.3 Å². The number of nitrogens with zero attached hydrogens (tertiary/aromatic N) is 1. The molecule has 1 N–H and O–H groups in total. The molecule has 0 bridgehead atoms. The Morgan fingerprint density at radius 1 is 1.30 bits per heavy atom. The highest BCUT2D eigenvalue weighted by Crippen LogP contribution is 2.25. The lowest BCUT2D eigenvalue weighted by atomic mass is 10.3. The molecule has 2 aromatic carbocycles. The van der Waals surface area contributed by atoms with Gasteiger partial charge in [-0.25, -0.2) is 14.2 Å². The lowest BCUT2D eigenvalue weighted by Gasteiger charge is -2.08. The van der Waals surface area contributed by atoms with E-state index in [4.69, 9.17) is 4.74 Å². The number of ether oxygens (including phenoxy) is 2. The van der Waals surface area contributed by atoms with Gasteiger partial charge in [0.1, 0.15) is 17.4 Å². The maximum atomic E-state index is 13.9. The van der Waals surface area contributed by atoms with Gasteiger partial charge in [0.2, 0.25) is 0 Å². The van der Waals surface area contributed by atoms with Gasteiger partial charge in [0.15, 0.2) is 5.82 Å². The summed E-state index contributed by atoms with van der Waals surface area (Å²) >= 11 is 1.53. The molecular weight excluding hydrogens is 319 g/mol. The van der Waals surface area contributed by atoms with Crippen molar-refractivity contribution in [2.45, 2.75) is 6.61 Å². The molecule has 5 nitrogen and oxygen atoms in total. The number of thiazole rings is 1. The first-order valence-corrected chi connectivity index (χ1v) is 7.59. The van der Waals surface area contributed by atoms with E-state index in [1.807, 2.05) is 24.3 Å². The van der Waals surface area contributed by atoms with Crippen LogP contribution in [-0.2, 0) is 11.3 Å². The van der Waals surface area contributed by atoms with E-state index < -0.39 is 11.9 Å². The van der Waals surface area contributed by atoms with Crippen molar-refractivity contribution in [1.29, 1.82) is 0 Å². The number of nitrogens with one attached hydrogen (secondary N) is 1. The molecule has 1 heterocycles. The Morgan fingerprint density at radius 3 is 2.87 bits per heavy atom. The number of anilines is 1. The highest BCUT2D eigenvalue weighted by atomic mass is 32.1. The van der Waals surface area contributed by atoms with Crippen LogP contribution in [0.4, 0.5) is 14.9 Å². The molecule has 3 aromatic rings. The Bertz CT molecular complexity index is 817. The molecule has 0 atom stereocenters. The van der Waals surface area contributed by atoms with E-state index in [1.165, 1.54) is 30.6 Å². The summed E-state index contributed by atoms with van der Waals surface area (Å²) in [4.78, 5) is 15.5. The number of methoxy groups -OCH3 is 1. The van der Waals surface area contributed by atoms with Crippen LogP contribution in [0.25, 0.3) is 10.2 Å². The summed E-state index contributed by atoms with van der Waals surface area (Å²) in [6, 6.07) is 12.0. The molecule has 3 rings (SSSR count). The van der Waals surface area contributed by atoms with Crippen LogP contribution >= 0.6 is 11.3 Å². The van der Waals surface area contributed by atoms with Crippen LogP contribution in [-0.4, -0.2) is 18.2 Å². The molecule has 0 spiro atoms. The number of aromatic nitrogens is 1. The summed E-state index contributed by atoms with van der Waals surface area (Å²) in [5.41, 5.74) is 0.948. The molecule has 1 amide bonds. The van der Waals surface area contributed by atoms with Crippen molar-refractivity contribution < 1.29 is 18.7 Å². The van der Waals surface area contributed by atoms with Crippen LogP contribution in [0.5, 0.6) is 5.75 Å². The second kappa shape index (κ2) is 6.62. The minimum absolute atomic E-state index is 0.0317. The van der Waals surface area contributed by atoms with Crippen LogP contribution in [0.3, 0.4) is 0 Å². The third kappa shape index (κ3) is 3.57. The Labute approximate surface area is 135 Å². The van der Waals surface area contributed by atoms with Gasteiger partial charge in [0, 0.05) is 6.07 Å². The zero-order valence-corrected chi connectivity index (χ0v) is 13.0. The number of amides is 1. The highest BCUT2D eigenvalue weighted by molar-refractivity contribution is 7.18. The fourth-order valence-electron chi connectivity index (χ4n) is 1.97. The van der Waals surface area contributed by atoms with Gasteiger partial charge >= 0.3 is 6.09 Å². The molecule has 0 aliphatic carbocycles. The zero-order chi connectivity index (χ0) is 16.2. The summed E-state index contributed by atoms with van der Waals surface area (Å²) in [7, 11) is 1.21. The average molecular weight is 332 g/mol. The van der Waals surface area contributed by atoms with Crippen molar-refractivity contribution >= 4 is 33.3 Å². The summed E-state index contributed by atoms with van der Waals surface area (Å²) in [6.07, 6.45) is -0.730. The molecule has 0 saturated carbocycles. The first-order valence-electron chi connectivity index (χ1n) is 6.77. The summed E-state index contributed by atoms with van der Waals surface area (Å²) in [5.74, 6) is -0.241. The van der Waals surface area contributed by atoms with E-state index in [9.17, 15) is 9.18 Å². The van der Waals surface area contributed by atoms with Gasteiger partial charge in [-0.1, -0.05) is 12.1 Å². The predicted octanol–water partition coefficient (Wildman–Crippen LogP) is 4.19. The first-order chi connectivity index (χ1) is 11.2. The van der Waals surface area contributed by atoms with Crippen LogP contribution in [0, 0.1) is 5.82 Å². The maximum Gasteiger partial charge on any atom is 0.411 e. The molecule has 7 heteroatoms. The fourth-order valence-corrected chi connectivity index (χ4v) is 2.86. The van der Waals surface area contributed by atoms with Gasteiger partial charge < -0.3 is 9.47 Å². The molecule has 1 aromatic heterocycles. The van der Waals surface area contributed by atoms with Crippen LogP contribution in [0.1, 0.15) is 5.01 Å². The molecule has 0 radical (unpaired) electrons. The van der Waals surface area contributed by atoms with E-state index in [1.54, 1.807) is 6.07 Å². The van der Waals surface area contributed by atoms with E-state index in [2.05, 4.69) is 15.0 Å². The second-order valence-corrected chi connectivity index (χ2v) is 5.74. The van der Waals surface area contributed by atoms with Crippen LogP contribution < -0.4 is 10.1 Å². The predicted molar refractivity (Wildman–Crippen MR) is 86.4 cm³/mol. The highest BCUT2D eigenvalue weighted by Gasteiger charge is 2.09. The molecule has 0 aliphatic heterocycles. The average Bonchev–Trinajstić information content (AvgIpc) is 2.98. The van der Waals surface area contributed by atoms with Crippen molar-refractivity contribution in [3.05, 3.63) is 53.3 Å². The smallest absolute Gasteiger partial charge is 0.411 e. The molecule has 118 valence electrons. The molecule has 0 saturated heterocycles. The molecule has 0 unspecified atom stereocenters. The van der Waals surface area contributed by atoms with E-state index in [0.29, 0.717) is 5.75 Å². The van der Waals surface area contributed by atoms with Gasteiger partial charge in [-0.05, 0) is 24.3 Å². The lowest BCUT2D eigenvalue weighted by Crippen LogP contribution is -2.12. The molecule has 23 heavy (non-hydrogen) atoms. The van der Waals surface area contributed by atoms with Crippen molar-refractivity contribution in [3.8, 4) is 5.75 Å². The number of hydrogen-bond donors (Lipinski definition) is 1. The quantitative estimate of drug-likeness (QED) is 0.778. The molecule has 0 fully saturated rings. The number of hydrogen-bond acceptors (Lipinski definition) is 5. The Morgan fingerprint density at radius 2 is 2.13 bits per heavy atom. The van der Waals surface area contributed by atoms with E-state index in [-0.39, 0.29) is 12.3 Å². The van der Waals surface area contributed by atoms with Crippen LogP contribution in [0.15, 0.2) is 42.5 Å².